The Bertz CT molecular complexity index is 773. The third-order valence-electron chi connectivity index (χ3n) is 3.89. The van der Waals surface area contributed by atoms with E-state index in [2.05, 4.69) is 29.4 Å². The number of hydrogen-bond acceptors (Lipinski definition) is 7. The smallest absolute Gasteiger partial charge is 0.252 e. The highest BCUT2D eigenvalue weighted by molar-refractivity contribution is 5.84. The Morgan fingerprint density at radius 2 is 2.08 bits per heavy atom. The summed E-state index contributed by atoms with van der Waals surface area (Å²) < 4.78 is 16.2. The molecule has 1 aromatic heterocycles. The third kappa shape index (κ3) is 4.29. The highest BCUT2D eigenvalue weighted by atomic mass is 16.5. The van der Waals surface area contributed by atoms with Gasteiger partial charge in [-0.1, -0.05) is 13.8 Å². The lowest BCUT2D eigenvalue weighted by atomic mass is 10.0. The molecule has 1 N–H and O–H groups in total. The third-order valence-corrected chi connectivity index (χ3v) is 3.89. The van der Waals surface area contributed by atoms with Crippen LogP contribution in [0.2, 0.25) is 0 Å². The number of benzene rings is 1. The van der Waals surface area contributed by atoms with Crippen molar-refractivity contribution in [1.29, 1.82) is 5.26 Å². The minimum atomic E-state index is 0.185. The number of anilines is 1. The van der Waals surface area contributed by atoms with Crippen molar-refractivity contribution >= 4 is 12.1 Å². The second-order valence-electron chi connectivity index (χ2n) is 5.33. The molecule has 2 rings (SSSR count). The molecular weight excluding hydrogens is 320 g/mol. The lowest BCUT2D eigenvalue weighted by molar-refractivity contribution is 0.402. The van der Waals surface area contributed by atoms with E-state index in [1.54, 1.807) is 38.6 Å². The second-order valence-corrected chi connectivity index (χ2v) is 5.33. The topological polar surface area (TPSA) is 92.7 Å². The monoisotopic (exact) mass is 342 g/mol. The molecule has 0 aliphatic heterocycles. The van der Waals surface area contributed by atoms with Crippen molar-refractivity contribution in [2.24, 2.45) is 5.10 Å². The summed E-state index contributed by atoms with van der Waals surface area (Å²) in [5.41, 5.74) is 3.67. The molecule has 0 spiro atoms. The van der Waals surface area contributed by atoms with Crippen LogP contribution in [0, 0.1) is 11.3 Å². The molecule has 1 aromatic carbocycles. The summed E-state index contributed by atoms with van der Waals surface area (Å²) in [5.74, 6) is 2.32. The summed E-state index contributed by atoms with van der Waals surface area (Å²) in [5, 5.41) is 13.4. The summed E-state index contributed by atoms with van der Waals surface area (Å²) in [4.78, 5) is 4.25. The maximum Gasteiger partial charge on any atom is 0.252 e. The Hall–Kier alpha value is -3.01. The lowest BCUT2D eigenvalue weighted by Gasteiger charge is -2.07. The van der Waals surface area contributed by atoms with Gasteiger partial charge in [-0.15, -0.1) is 0 Å². The molecule has 25 heavy (non-hydrogen) atoms. The van der Waals surface area contributed by atoms with E-state index in [1.165, 1.54) is 0 Å². The van der Waals surface area contributed by atoms with Crippen LogP contribution in [0.5, 0.6) is 11.5 Å². The Balaban J connectivity index is 2.21. The second kappa shape index (κ2) is 8.73. The Labute approximate surface area is 147 Å². The first-order chi connectivity index (χ1) is 12.2. The average molecular weight is 342 g/mol. The Morgan fingerprint density at radius 1 is 1.32 bits per heavy atom. The van der Waals surface area contributed by atoms with Crippen LogP contribution in [0.3, 0.4) is 0 Å². The van der Waals surface area contributed by atoms with Crippen molar-refractivity contribution < 1.29 is 13.9 Å². The molecule has 0 aliphatic rings. The highest BCUT2D eigenvalue weighted by Crippen LogP contribution is 2.27. The number of ether oxygens (including phenoxy) is 2. The first-order valence-corrected chi connectivity index (χ1v) is 8.08. The molecule has 132 valence electrons. The first kappa shape index (κ1) is 18.3. The number of nitrogens with zero attached hydrogens (tertiary/aromatic N) is 3. The van der Waals surface area contributed by atoms with Crippen LogP contribution >= 0.6 is 0 Å². The number of nitrogens with one attached hydrogen (secondary N) is 1. The number of nitriles is 1. The Morgan fingerprint density at radius 3 is 2.68 bits per heavy atom. The van der Waals surface area contributed by atoms with Gasteiger partial charge in [0.25, 0.3) is 5.88 Å². The maximum absolute atomic E-state index is 9.22. The minimum Gasteiger partial charge on any atom is -0.497 e. The number of hydrogen-bond donors (Lipinski definition) is 1. The molecule has 2 aromatic rings. The number of rotatable bonds is 8. The number of methoxy groups -OCH3 is 2. The zero-order chi connectivity index (χ0) is 18.2. The van der Waals surface area contributed by atoms with Crippen LogP contribution in [0.25, 0.3) is 0 Å². The summed E-state index contributed by atoms with van der Waals surface area (Å²) in [7, 11) is 3.17. The summed E-state index contributed by atoms with van der Waals surface area (Å²) >= 11 is 0. The van der Waals surface area contributed by atoms with Crippen LogP contribution in [0.15, 0.2) is 27.7 Å². The van der Waals surface area contributed by atoms with E-state index >= 15 is 0 Å². The van der Waals surface area contributed by atoms with E-state index in [0.717, 1.165) is 18.4 Å². The van der Waals surface area contributed by atoms with Crippen LogP contribution in [0.1, 0.15) is 49.8 Å². The van der Waals surface area contributed by atoms with Gasteiger partial charge < -0.3 is 13.9 Å². The van der Waals surface area contributed by atoms with Gasteiger partial charge in [0, 0.05) is 11.5 Å². The largest absolute Gasteiger partial charge is 0.497 e. The van der Waals surface area contributed by atoms with Crippen molar-refractivity contribution in [2.75, 3.05) is 19.6 Å². The van der Waals surface area contributed by atoms with Crippen molar-refractivity contribution in [1.82, 2.24) is 4.98 Å². The van der Waals surface area contributed by atoms with Gasteiger partial charge in [0.15, 0.2) is 0 Å². The molecule has 0 aliphatic carbocycles. The van der Waals surface area contributed by atoms with E-state index in [1.807, 2.05) is 6.07 Å². The van der Waals surface area contributed by atoms with Gasteiger partial charge in [0.2, 0.25) is 11.6 Å². The predicted molar refractivity (Wildman–Crippen MR) is 95.3 cm³/mol. The van der Waals surface area contributed by atoms with Crippen LogP contribution in [-0.2, 0) is 0 Å². The van der Waals surface area contributed by atoms with Crippen LogP contribution in [0.4, 0.5) is 5.88 Å². The molecule has 0 bridgehead atoms. The minimum absolute atomic E-state index is 0.185. The molecule has 0 amide bonds. The Kier molecular flexibility index (Phi) is 6.40. The molecule has 7 nitrogen and oxygen atoms in total. The van der Waals surface area contributed by atoms with Crippen LogP contribution < -0.4 is 14.9 Å². The predicted octanol–water partition coefficient (Wildman–Crippen LogP) is 3.91. The molecule has 0 unspecified atom stereocenters. The van der Waals surface area contributed by atoms with E-state index in [0.29, 0.717) is 17.4 Å². The molecule has 0 saturated heterocycles. The van der Waals surface area contributed by atoms with E-state index in [-0.39, 0.29) is 17.5 Å². The zero-order valence-corrected chi connectivity index (χ0v) is 14.9. The number of aromatic nitrogens is 1. The fourth-order valence-corrected chi connectivity index (χ4v) is 2.40. The van der Waals surface area contributed by atoms with Gasteiger partial charge >= 0.3 is 0 Å². The summed E-state index contributed by atoms with van der Waals surface area (Å²) in [6.07, 6.45) is 3.36. The average Bonchev–Trinajstić information content (AvgIpc) is 3.05. The molecule has 0 atom stereocenters. The maximum atomic E-state index is 9.22. The quantitative estimate of drug-likeness (QED) is 0.577. The molecular formula is C18H22N4O3. The first-order valence-electron chi connectivity index (χ1n) is 8.08. The fourth-order valence-electron chi connectivity index (χ4n) is 2.40. The van der Waals surface area contributed by atoms with Crippen molar-refractivity contribution in [3.05, 3.63) is 35.3 Å². The number of hydrazone groups is 1. The summed E-state index contributed by atoms with van der Waals surface area (Å²) in [6.45, 7) is 4.12. The van der Waals surface area contributed by atoms with E-state index < -0.39 is 0 Å². The lowest BCUT2D eigenvalue weighted by Crippen LogP contribution is -1.95. The van der Waals surface area contributed by atoms with Gasteiger partial charge in [-0.2, -0.15) is 10.4 Å². The number of oxazole rings is 1. The van der Waals surface area contributed by atoms with Gasteiger partial charge in [0.1, 0.15) is 17.6 Å². The van der Waals surface area contributed by atoms with E-state index in [4.69, 9.17) is 13.9 Å². The molecule has 0 saturated carbocycles. The van der Waals surface area contributed by atoms with Crippen LogP contribution in [-0.4, -0.2) is 25.4 Å². The van der Waals surface area contributed by atoms with Gasteiger partial charge in [0.05, 0.1) is 20.4 Å². The zero-order valence-electron chi connectivity index (χ0n) is 14.9. The highest BCUT2D eigenvalue weighted by Gasteiger charge is 2.18. The van der Waals surface area contributed by atoms with Crippen molar-refractivity contribution in [2.45, 2.75) is 32.6 Å². The molecule has 1 heterocycles. The standard InChI is InChI=1S/C18H22N4O3/c1-5-12(6-2)17-21-15(10-19)18(25-17)22-20-11-13-9-14(23-3)7-8-16(13)24-4/h7-9,11-12,22H,5-6H2,1-4H3. The van der Waals surface area contributed by atoms with E-state index in [9.17, 15) is 5.26 Å². The van der Waals surface area contributed by atoms with Gasteiger partial charge in [-0.05, 0) is 31.0 Å². The van der Waals surface area contributed by atoms with Crippen molar-refractivity contribution in [3.63, 3.8) is 0 Å². The normalized spacial score (nSPS) is 10.9. The molecule has 0 radical (unpaired) electrons. The molecule has 7 heteroatoms. The fraction of sp³-hybridized carbons (Fsp3) is 0.389. The van der Waals surface area contributed by atoms with Crippen molar-refractivity contribution in [3.8, 4) is 17.6 Å². The summed E-state index contributed by atoms with van der Waals surface area (Å²) in [6, 6.07) is 7.41. The molecule has 0 fully saturated rings. The van der Waals surface area contributed by atoms with Gasteiger partial charge in [-0.3, -0.25) is 0 Å². The SMILES string of the molecule is CCC(CC)c1nc(C#N)c(NN=Cc2cc(OC)ccc2OC)o1. The van der Waals surface area contributed by atoms with Gasteiger partial charge in [-0.25, -0.2) is 10.4 Å².